The summed E-state index contributed by atoms with van der Waals surface area (Å²) in [4.78, 5) is 0. The molecular weight excluding hydrogens is 130 g/mol. The maximum Gasteiger partial charge on any atom is 0.124 e. The van der Waals surface area contributed by atoms with Gasteiger partial charge in [0.05, 0.1) is 6.04 Å². The van der Waals surface area contributed by atoms with E-state index in [0.29, 0.717) is 12.6 Å². The van der Waals surface area contributed by atoms with Crippen molar-refractivity contribution in [3.8, 4) is 0 Å². The molecule has 1 saturated heterocycles. The zero-order valence-corrected chi connectivity index (χ0v) is 6.26. The van der Waals surface area contributed by atoms with Gasteiger partial charge in [0.25, 0.3) is 0 Å². The van der Waals surface area contributed by atoms with E-state index in [1.165, 1.54) is 0 Å². The molecule has 4 heteroatoms. The van der Waals surface area contributed by atoms with Gasteiger partial charge >= 0.3 is 0 Å². The van der Waals surface area contributed by atoms with Gasteiger partial charge in [-0.3, -0.25) is 5.32 Å². The highest BCUT2D eigenvalue weighted by Crippen LogP contribution is 2.02. The van der Waals surface area contributed by atoms with Crippen LogP contribution in [0.3, 0.4) is 0 Å². The number of hydrogen-bond acceptors (Lipinski definition) is 4. The number of nitrogens with two attached hydrogens (primary N) is 1. The van der Waals surface area contributed by atoms with Gasteiger partial charge in [0.2, 0.25) is 0 Å². The fourth-order valence-corrected chi connectivity index (χ4v) is 1.03. The van der Waals surface area contributed by atoms with Crippen LogP contribution in [0.25, 0.3) is 0 Å². The van der Waals surface area contributed by atoms with Crippen molar-refractivity contribution in [2.45, 2.75) is 12.3 Å². The second kappa shape index (κ2) is 3.88. The van der Waals surface area contributed by atoms with Crippen LogP contribution in [0.4, 0.5) is 0 Å². The summed E-state index contributed by atoms with van der Waals surface area (Å²) < 4.78 is 5.08. The molecule has 0 amide bonds. The molecule has 1 aliphatic heterocycles. The third kappa shape index (κ3) is 1.67. The smallest absolute Gasteiger partial charge is 0.124 e. The van der Waals surface area contributed by atoms with Gasteiger partial charge in [-0.25, -0.2) is 0 Å². The lowest BCUT2D eigenvalue weighted by Gasteiger charge is -2.37. The van der Waals surface area contributed by atoms with E-state index in [0.717, 1.165) is 13.1 Å². The summed E-state index contributed by atoms with van der Waals surface area (Å²) in [6, 6.07) is 0.452. The Morgan fingerprint density at radius 2 is 2.60 bits per heavy atom. The highest BCUT2D eigenvalue weighted by Gasteiger charge is 2.28. The van der Waals surface area contributed by atoms with Crippen LogP contribution in [0.15, 0.2) is 0 Å². The third-order valence-electron chi connectivity index (χ3n) is 1.71. The molecule has 0 aromatic rings. The normalized spacial score (nSPS) is 31.8. The van der Waals surface area contributed by atoms with Crippen LogP contribution in [-0.4, -0.2) is 39.0 Å². The molecule has 0 aromatic heterocycles. The van der Waals surface area contributed by atoms with Gasteiger partial charge < -0.3 is 15.8 Å². The van der Waals surface area contributed by atoms with Gasteiger partial charge in [-0.05, 0) is 0 Å². The van der Waals surface area contributed by atoms with Crippen molar-refractivity contribution in [3.63, 3.8) is 0 Å². The number of hydrogen-bond donors (Lipinski definition) is 3. The van der Waals surface area contributed by atoms with Gasteiger partial charge in [0, 0.05) is 26.7 Å². The van der Waals surface area contributed by atoms with Crippen LogP contribution >= 0.6 is 0 Å². The van der Waals surface area contributed by atoms with Crippen molar-refractivity contribution < 1.29 is 4.74 Å². The largest absolute Gasteiger partial charge is 0.365 e. The summed E-state index contributed by atoms with van der Waals surface area (Å²) in [6.45, 7) is 2.54. The minimum absolute atomic E-state index is 0.187. The molecule has 1 fully saturated rings. The van der Waals surface area contributed by atoms with Gasteiger partial charge in [-0.1, -0.05) is 0 Å². The Kier molecular flexibility index (Phi) is 3.08. The summed E-state index contributed by atoms with van der Waals surface area (Å²) >= 11 is 0. The van der Waals surface area contributed by atoms with Gasteiger partial charge in [-0.2, -0.15) is 0 Å². The molecular formula is C6H15N3O. The SMILES string of the molecule is CO[C@H]1NCC1NCCN. The molecule has 0 saturated carbocycles. The highest BCUT2D eigenvalue weighted by atomic mass is 16.5. The van der Waals surface area contributed by atoms with Crippen molar-refractivity contribution in [3.05, 3.63) is 0 Å². The molecule has 1 unspecified atom stereocenters. The number of methoxy groups -OCH3 is 1. The Morgan fingerprint density at radius 3 is 3.00 bits per heavy atom. The van der Waals surface area contributed by atoms with Crippen LogP contribution in [0.1, 0.15) is 0 Å². The highest BCUT2D eigenvalue weighted by molar-refractivity contribution is 4.87. The fourth-order valence-electron chi connectivity index (χ4n) is 1.03. The summed E-state index contributed by atoms with van der Waals surface area (Å²) in [5.41, 5.74) is 5.32. The molecule has 2 atom stereocenters. The Labute approximate surface area is 61.1 Å². The second-order valence-corrected chi connectivity index (χ2v) is 2.41. The average Bonchev–Trinajstić information content (AvgIpc) is 1.88. The summed E-state index contributed by atoms with van der Waals surface area (Å²) in [5.74, 6) is 0. The van der Waals surface area contributed by atoms with Crippen LogP contribution in [0, 0.1) is 0 Å². The number of rotatable bonds is 4. The van der Waals surface area contributed by atoms with E-state index < -0.39 is 0 Å². The van der Waals surface area contributed by atoms with Crippen molar-refractivity contribution in [1.29, 1.82) is 0 Å². The molecule has 4 N–H and O–H groups in total. The zero-order valence-electron chi connectivity index (χ0n) is 6.26. The molecule has 1 aliphatic rings. The lowest BCUT2D eigenvalue weighted by molar-refractivity contribution is -0.00885. The van der Waals surface area contributed by atoms with Crippen LogP contribution in [-0.2, 0) is 4.74 Å². The Morgan fingerprint density at radius 1 is 1.80 bits per heavy atom. The molecule has 60 valence electrons. The second-order valence-electron chi connectivity index (χ2n) is 2.41. The molecule has 4 nitrogen and oxygen atoms in total. The quantitative estimate of drug-likeness (QED) is 0.449. The monoisotopic (exact) mass is 145 g/mol. The van der Waals surface area contributed by atoms with Crippen LogP contribution < -0.4 is 16.4 Å². The molecule has 0 radical (unpaired) electrons. The summed E-state index contributed by atoms with van der Waals surface area (Å²) in [5, 5.41) is 6.39. The van der Waals surface area contributed by atoms with E-state index in [1.54, 1.807) is 7.11 Å². The van der Waals surface area contributed by atoms with E-state index in [1.807, 2.05) is 0 Å². The summed E-state index contributed by atoms with van der Waals surface area (Å²) in [6.07, 6.45) is 0.187. The van der Waals surface area contributed by atoms with Crippen molar-refractivity contribution >= 4 is 0 Å². The van der Waals surface area contributed by atoms with E-state index in [9.17, 15) is 0 Å². The third-order valence-corrected chi connectivity index (χ3v) is 1.71. The van der Waals surface area contributed by atoms with Crippen LogP contribution in [0.5, 0.6) is 0 Å². The van der Waals surface area contributed by atoms with Crippen molar-refractivity contribution in [2.75, 3.05) is 26.7 Å². The van der Waals surface area contributed by atoms with Gasteiger partial charge in [0.15, 0.2) is 0 Å². The van der Waals surface area contributed by atoms with Gasteiger partial charge in [0.1, 0.15) is 6.23 Å². The van der Waals surface area contributed by atoms with Crippen molar-refractivity contribution in [1.82, 2.24) is 10.6 Å². The predicted molar refractivity (Wildman–Crippen MR) is 39.6 cm³/mol. The van der Waals surface area contributed by atoms with E-state index in [4.69, 9.17) is 10.5 Å². The number of ether oxygens (including phenoxy) is 1. The first kappa shape index (κ1) is 7.94. The molecule has 0 aliphatic carbocycles. The van der Waals surface area contributed by atoms with E-state index in [-0.39, 0.29) is 6.23 Å². The fraction of sp³-hybridized carbons (Fsp3) is 1.00. The molecule has 10 heavy (non-hydrogen) atoms. The molecule has 0 spiro atoms. The van der Waals surface area contributed by atoms with E-state index >= 15 is 0 Å². The maximum atomic E-state index is 5.32. The lowest BCUT2D eigenvalue weighted by Crippen LogP contribution is -2.65. The Bertz CT molecular complexity index is 97.0. The van der Waals surface area contributed by atoms with Crippen molar-refractivity contribution in [2.24, 2.45) is 5.73 Å². The lowest BCUT2D eigenvalue weighted by atomic mass is 10.1. The first-order chi connectivity index (χ1) is 4.88. The topological polar surface area (TPSA) is 59.3 Å². The van der Waals surface area contributed by atoms with Gasteiger partial charge in [-0.15, -0.1) is 0 Å². The number of nitrogens with one attached hydrogen (secondary N) is 2. The average molecular weight is 145 g/mol. The summed E-state index contributed by atoms with van der Waals surface area (Å²) in [7, 11) is 1.70. The predicted octanol–water partition coefficient (Wildman–Crippen LogP) is -1.52. The van der Waals surface area contributed by atoms with E-state index in [2.05, 4.69) is 10.6 Å². The minimum atomic E-state index is 0.187. The molecule has 0 bridgehead atoms. The molecule has 1 rings (SSSR count). The van der Waals surface area contributed by atoms with Crippen LogP contribution in [0.2, 0.25) is 0 Å². The minimum Gasteiger partial charge on any atom is -0.365 e. The molecule has 1 heterocycles. The Hall–Kier alpha value is -0.160. The maximum absolute atomic E-state index is 5.32. The first-order valence-corrected chi connectivity index (χ1v) is 3.58. The Balaban J connectivity index is 2.05. The zero-order chi connectivity index (χ0) is 7.40. The first-order valence-electron chi connectivity index (χ1n) is 3.58. The standard InChI is InChI=1S/C6H15N3O/c1-10-6-5(4-9-6)8-3-2-7/h5-6,8-9H,2-4,7H2,1H3/t5?,6-/m1/s1. The molecule has 0 aromatic carbocycles.